The number of anilines is 1. The molecule has 38 heavy (non-hydrogen) atoms. The summed E-state index contributed by atoms with van der Waals surface area (Å²) < 4.78 is 18.4. The number of carbonyl (C=O) groups excluding carboxylic acids is 1. The van der Waals surface area contributed by atoms with Crippen molar-refractivity contribution in [3.05, 3.63) is 81.5 Å². The van der Waals surface area contributed by atoms with Crippen LogP contribution < -0.4 is 24.3 Å². The average molecular weight is 529 g/mol. The smallest absolute Gasteiger partial charge is 0.262 e. The quantitative estimate of drug-likeness (QED) is 0.326. The van der Waals surface area contributed by atoms with E-state index in [0.29, 0.717) is 27.7 Å². The van der Waals surface area contributed by atoms with Gasteiger partial charge in [0.1, 0.15) is 17.2 Å². The summed E-state index contributed by atoms with van der Waals surface area (Å²) in [5.74, 6) is 1.81. The topological polar surface area (TPSA) is 86.4 Å². The third kappa shape index (κ3) is 5.05. The Bertz CT molecular complexity index is 1630. The van der Waals surface area contributed by atoms with Crippen molar-refractivity contribution in [2.24, 2.45) is 10.1 Å². The molecule has 0 fully saturated rings. The Morgan fingerprint density at radius 3 is 2.68 bits per heavy atom. The highest BCUT2D eigenvalue weighted by Gasteiger charge is 2.18. The largest absolute Gasteiger partial charge is 0.497 e. The van der Waals surface area contributed by atoms with E-state index in [1.54, 1.807) is 14.2 Å². The second-order valence-corrected chi connectivity index (χ2v) is 9.75. The minimum Gasteiger partial charge on any atom is -0.497 e. The van der Waals surface area contributed by atoms with E-state index in [9.17, 15) is 4.79 Å². The second-order valence-electron chi connectivity index (χ2n) is 8.92. The van der Waals surface area contributed by atoms with Gasteiger partial charge in [0.25, 0.3) is 5.91 Å². The molecular formula is C29H28N4O4S. The van der Waals surface area contributed by atoms with Crippen LogP contribution in [0.1, 0.15) is 23.6 Å². The summed E-state index contributed by atoms with van der Waals surface area (Å²) in [4.78, 5) is 17.6. The van der Waals surface area contributed by atoms with E-state index < -0.39 is 0 Å². The monoisotopic (exact) mass is 528 g/mol. The number of hydrogen-bond donors (Lipinski definition) is 1. The minimum absolute atomic E-state index is 0.0108. The van der Waals surface area contributed by atoms with Gasteiger partial charge in [-0.25, -0.2) is 9.67 Å². The zero-order chi connectivity index (χ0) is 26.8. The lowest BCUT2D eigenvalue weighted by atomic mass is 10.1. The maximum Gasteiger partial charge on any atom is 0.262 e. The molecule has 8 nitrogen and oxygen atoms in total. The lowest BCUT2D eigenvalue weighted by Gasteiger charge is -2.18. The van der Waals surface area contributed by atoms with Crippen molar-refractivity contribution in [1.82, 2.24) is 4.68 Å². The van der Waals surface area contributed by atoms with Crippen LogP contribution in [0.2, 0.25) is 0 Å². The van der Waals surface area contributed by atoms with Crippen LogP contribution in [0.4, 0.5) is 11.4 Å². The number of benzene rings is 3. The van der Waals surface area contributed by atoms with Crippen LogP contribution in [-0.2, 0) is 4.79 Å². The summed E-state index contributed by atoms with van der Waals surface area (Å²) in [6, 6.07) is 17.5. The van der Waals surface area contributed by atoms with Crippen LogP contribution in [0.5, 0.6) is 17.2 Å². The van der Waals surface area contributed by atoms with Crippen molar-refractivity contribution in [1.29, 1.82) is 0 Å². The number of ether oxygens (including phenoxy) is 3. The fraction of sp³-hybridized carbons (Fsp3) is 0.207. The molecule has 1 aliphatic rings. The molecule has 1 N–H and O–H groups in total. The standard InChI is InChI=1S/C29H28N4O4S/c1-17-6-7-18(2)23(12-17)31-29-33(32-19(3)22-10-9-21(35-4)14-27(22)36-5)25(16-38-29)20-8-11-26-24(13-20)30-28(34)15-37-26/h6-14,16H,15H2,1-5H3,(H,30,34). The van der Waals surface area contributed by atoms with E-state index >= 15 is 0 Å². The third-order valence-corrected chi connectivity index (χ3v) is 7.04. The fourth-order valence-corrected chi connectivity index (χ4v) is 5.00. The summed E-state index contributed by atoms with van der Waals surface area (Å²) in [5.41, 5.74) is 6.98. The van der Waals surface area contributed by atoms with Gasteiger partial charge in [-0.05, 0) is 68.3 Å². The number of methoxy groups -OCH3 is 2. The number of nitrogens with zero attached hydrogens (tertiary/aromatic N) is 3. The molecule has 0 saturated carbocycles. The Morgan fingerprint density at radius 2 is 1.89 bits per heavy atom. The molecule has 0 unspecified atom stereocenters. The molecule has 1 amide bonds. The number of fused-ring (bicyclic) bond motifs is 1. The number of carbonyl (C=O) groups is 1. The summed E-state index contributed by atoms with van der Waals surface area (Å²) in [6.07, 6.45) is 0. The van der Waals surface area contributed by atoms with Gasteiger partial charge < -0.3 is 19.5 Å². The molecule has 0 atom stereocenters. The molecule has 1 aliphatic heterocycles. The Labute approximate surface area is 224 Å². The highest BCUT2D eigenvalue weighted by Crippen LogP contribution is 2.33. The Balaban J connectivity index is 1.69. The predicted octanol–water partition coefficient (Wildman–Crippen LogP) is 5.69. The Morgan fingerprint density at radius 1 is 1.05 bits per heavy atom. The van der Waals surface area contributed by atoms with Crippen molar-refractivity contribution in [2.75, 3.05) is 26.1 Å². The van der Waals surface area contributed by atoms with Crippen LogP contribution in [0, 0.1) is 13.8 Å². The van der Waals surface area contributed by atoms with Crippen LogP contribution in [0.15, 0.2) is 70.1 Å². The van der Waals surface area contributed by atoms with Gasteiger partial charge in [0.05, 0.1) is 37.0 Å². The lowest BCUT2D eigenvalue weighted by Crippen LogP contribution is -2.25. The number of aryl methyl sites for hydroxylation is 2. The van der Waals surface area contributed by atoms with Crippen LogP contribution in [-0.4, -0.2) is 37.1 Å². The fourth-order valence-electron chi connectivity index (χ4n) is 4.16. The van der Waals surface area contributed by atoms with Crippen LogP contribution in [0.3, 0.4) is 0 Å². The Hall–Kier alpha value is -4.37. The van der Waals surface area contributed by atoms with Crippen molar-refractivity contribution in [2.45, 2.75) is 20.8 Å². The maximum absolute atomic E-state index is 11.9. The van der Waals surface area contributed by atoms with Crippen molar-refractivity contribution in [3.8, 4) is 28.5 Å². The van der Waals surface area contributed by atoms with Gasteiger partial charge in [-0.2, -0.15) is 5.10 Å². The molecule has 194 valence electrons. The first-order valence-corrected chi connectivity index (χ1v) is 12.9. The van der Waals surface area contributed by atoms with Crippen molar-refractivity contribution in [3.63, 3.8) is 0 Å². The van der Waals surface area contributed by atoms with E-state index in [2.05, 4.69) is 23.5 Å². The van der Waals surface area contributed by atoms with E-state index in [0.717, 1.165) is 39.3 Å². The van der Waals surface area contributed by atoms with Gasteiger partial charge in [0, 0.05) is 22.6 Å². The highest BCUT2D eigenvalue weighted by atomic mass is 32.1. The average Bonchev–Trinajstić information content (AvgIpc) is 3.31. The molecule has 0 saturated heterocycles. The maximum atomic E-state index is 11.9. The van der Waals surface area contributed by atoms with Gasteiger partial charge in [-0.1, -0.05) is 12.1 Å². The molecule has 1 aromatic heterocycles. The number of amides is 1. The number of thiazole rings is 1. The van der Waals surface area contributed by atoms with Gasteiger partial charge in [-0.3, -0.25) is 4.79 Å². The summed E-state index contributed by atoms with van der Waals surface area (Å²) in [5, 5.41) is 9.91. The first-order valence-electron chi connectivity index (χ1n) is 12.0. The first kappa shape index (κ1) is 25.3. The zero-order valence-corrected chi connectivity index (χ0v) is 22.7. The minimum atomic E-state index is -0.182. The van der Waals surface area contributed by atoms with E-state index in [1.807, 2.05) is 67.2 Å². The third-order valence-electron chi connectivity index (χ3n) is 6.22. The van der Waals surface area contributed by atoms with Crippen molar-refractivity contribution < 1.29 is 19.0 Å². The first-order chi connectivity index (χ1) is 18.4. The van der Waals surface area contributed by atoms with Gasteiger partial charge in [0.2, 0.25) is 4.80 Å². The van der Waals surface area contributed by atoms with E-state index in [-0.39, 0.29) is 12.5 Å². The summed E-state index contributed by atoms with van der Waals surface area (Å²) in [6.45, 7) is 6.03. The second kappa shape index (κ2) is 10.5. The summed E-state index contributed by atoms with van der Waals surface area (Å²) in [7, 11) is 3.25. The molecule has 5 rings (SSSR count). The predicted molar refractivity (Wildman–Crippen MR) is 150 cm³/mol. The number of aromatic nitrogens is 1. The molecule has 0 bridgehead atoms. The number of rotatable bonds is 6. The van der Waals surface area contributed by atoms with E-state index in [4.69, 9.17) is 24.3 Å². The van der Waals surface area contributed by atoms with Gasteiger partial charge in [0.15, 0.2) is 6.61 Å². The molecule has 2 heterocycles. The van der Waals surface area contributed by atoms with Crippen molar-refractivity contribution >= 4 is 34.3 Å². The lowest BCUT2D eigenvalue weighted by molar-refractivity contribution is -0.118. The van der Waals surface area contributed by atoms with Gasteiger partial charge >= 0.3 is 0 Å². The summed E-state index contributed by atoms with van der Waals surface area (Å²) >= 11 is 1.49. The number of nitrogens with one attached hydrogen (secondary N) is 1. The normalized spacial score (nSPS) is 13.6. The number of hydrogen-bond acceptors (Lipinski definition) is 7. The molecule has 9 heteroatoms. The van der Waals surface area contributed by atoms with E-state index in [1.165, 1.54) is 11.3 Å². The van der Waals surface area contributed by atoms with Crippen LogP contribution >= 0.6 is 11.3 Å². The molecule has 4 aromatic rings. The zero-order valence-electron chi connectivity index (χ0n) is 21.9. The highest BCUT2D eigenvalue weighted by molar-refractivity contribution is 7.07. The SMILES string of the molecule is COc1ccc(C(C)=Nn2c(-c3ccc4c(c3)NC(=O)CO4)csc2=Nc2cc(C)ccc2C)c(OC)c1. The molecule has 0 aliphatic carbocycles. The molecular weight excluding hydrogens is 500 g/mol. The Kier molecular flexibility index (Phi) is 7.02. The molecule has 0 spiro atoms. The van der Waals surface area contributed by atoms with Crippen LogP contribution in [0.25, 0.3) is 11.3 Å². The molecule has 0 radical (unpaired) electrons. The molecule has 3 aromatic carbocycles. The van der Waals surface area contributed by atoms with Gasteiger partial charge in [-0.15, -0.1) is 11.3 Å².